The molecule has 4 nitrogen and oxygen atoms in total. The third-order valence-corrected chi connectivity index (χ3v) is 4.26. The molecule has 0 saturated heterocycles. The number of rotatable bonds is 3. The highest BCUT2D eigenvalue weighted by molar-refractivity contribution is 7.90. The molecule has 0 unspecified atom stereocenters. The zero-order valence-corrected chi connectivity index (χ0v) is 14.1. The van der Waals surface area contributed by atoms with Crippen molar-refractivity contribution in [1.82, 2.24) is 4.90 Å². The number of aryl methyl sites for hydroxylation is 1. The summed E-state index contributed by atoms with van der Waals surface area (Å²) in [6.45, 7) is 1.90. The van der Waals surface area contributed by atoms with Crippen molar-refractivity contribution in [2.75, 3.05) is 14.1 Å². The van der Waals surface area contributed by atoms with Gasteiger partial charge in [-0.1, -0.05) is 36.1 Å². The fourth-order valence-electron chi connectivity index (χ4n) is 1.77. The quantitative estimate of drug-likeness (QED) is 0.495. The topological polar surface area (TPSA) is 49.7 Å². The largest absolute Gasteiger partial charge is 0.368 e. The van der Waals surface area contributed by atoms with E-state index in [9.17, 15) is 8.42 Å². The van der Waals surface area contributed by atoms with E-state index in [0.29, 0.717) is 5.56 Å². The highest BCUT2D eigenvalue weighted by Crippen LogP contribution is 2.17. The highest BCUT2D eigenvalue weighted by Gasteiger charge is 2.13. The van der Waals surface area contributed by atoms with Gasteiger partial charge in [0.05, 0.1) is 4.90 Å². The molecule has 0 radical (unpaired) electrons. The molecule has 0 spiro atoms. The summed E-state index contributed by atoms with van der Waals surface area (Å²) in [5.74, 6) is 6.07. The van der Waals surface area contributed by atoms with Crippen molar-refractivity contribution in [2.45, 2.75) is 11.8 Å². The minimum absolute atomic E-state index is 0.138. The van der Waals surface area contributed by atoms with E-state index in [-0.39, 0.29) is 4.90 Å². The molecule has 0 bridgehead atoms. The predicted octanol–water partition coefficient (Wildman–Crippen LogP) is 2.67. The van der Waals surface area contributed by atoms with Crippen LogP contribution in [-0.4, -0.2) is 33.8 Å². The van der Waals surface area contributed by atoms with E-state index >= 15 is 0 Å². The van der Waals surface area contributed by atoms with Gasteiger partial charge in [-0.3, -0.25) is 0 Å². The molecule has 0 aliphatic heterocycles. The van der Waals surface area contributed by atoms with Gasteiger partial charge in [0, 0.05) is 25.2 Å². The predicted molar refractivity (Wildman–Crippen MR) is 93.0 cm³/mol. The lowest BCUT2D eigenvalue weighted by Gasteiger charge is -2.05. The average molecular weight is 326 g/mol. The summed E-state index contributed by atoms with van der Waals surface area (Å²) in [6, 6.07) is 14.4. The SMILES string of the molecule is Cc1ccc(S(=O)(=O)/N=C/N(C)C)cc1C#Cc1ccccc1. The standard InChI is InChI=1S/C18H18N2O2S/c1-15-9-12-18(23(21,22)19-14-20(2)3)13-17(15)11-10-16-7-5-4-6-8-16/h4-9,12-14H,1-3H3/b19-14+. The molecule has 0 aromatic heterocycles. The van der Waals surface area contributed by atoms with Crippen LogP contribution >= 0.6 is 0 Å². The summed E-state index contributed by atoms with van der Waals surface area (Å²) in [7, 11) is -0.291. The van der Waals surface area contributed by atoms with Crippen molar-refractivity contribution in [2.24, 2.45) is 4.40 Å². The molecule has 2 aromatic rings. The number of hydrogen-bond acceptors (Lipinski definition) is 2. The molecule has 0 saturated carbocycles. The van der Waals surface area contributed by atoms with E-state index in [4.69, 9.17) is 0 Å². The minimum Gasteiger partial charge on any atom is -0.368 e. The van der Waals surface area contributed by atoms with Crippen molar-refractivity contribution >= 4 is 16.4 Å². The average Bonchev–Trinajstić information content (AvgIpc) is 2.53. The molecule has 2 aromatic carbocycles. The Bertz CT molecular complexity index is 874. The van der Waals surface area contributed by atoms with Gasteiger partial charge in [-0.15, -0.1) is 4.40 Å². The number of sulfonamides is 1. The third kappa shape index (κ3) is 4.70. The van der Waals surface area contributed by atoms with E-state index in [1.165, 1.54) is 6.34 Å². The normalized spacial score (nSPS) is 11.1. The van der Waals surface area contributed by atoms with E-state index < -0.39 is 10.0 Å². The van der Waals surface area contributed by atoms with Gasteiger partial charge in [0.15, 0.2) is 0 Å². The Hall–Kier alpha value is -2.58. The molecule has 0 fully saturated rings. The Labute approximate surface area is 137 Å². The smallest absolute Gasteiger partial charge is 0.283 e. The monoisotopic (exact) mass is 326 g/mol. The van der Waals surface area contributed by atoms with Gasteiger partial charge < -0.3 is 4.90 Å². The molecule has 0 amide bonds. The van der Waals surface area contributed by atoms with E-state index in [1.54, 1.807) is 37.2 Å². The van der Waals surface area contributed by atoms with E-state index in [2.05, 4.69) is 16.2 Å². The molecule has 0 atom stereocenters. The van der Waals surface area contributed by atoms with Gasteiger partial charge in [0.1, 0.15) is 6.34 Å². The Morgan fingerprint density at radius 2 is 1.74 bits per heavy atom. The molecule has 0 heterocycles. The van der Waals surface area contributed by atoms with Gasteiger partial charge in [0.25, 0.3) is 10.0 Å². The lowest BCUT2D eigenvalue weighted by atomic mass is 10.1. The number of hydrogen-bond donors (Lipinski definition) is 0. The van der Waals surface area contributed by atoms with E-state index in [0.717, 1.165) is 11.1 Å². The molecule has 0 aliphatic rings. The molecule has 23 heavy (non-hydrogen) atoms. The van der Waals surface area contributed by atoms with Crippen molar-refractivity contribution in [3.05, 3.63) is 65.2 Å². The summed E-state index contributed by atoms with van der Waals surface area (Å²) < 4.78 is 28.0. The molecular weight excluding hydrogens is 308 g/mol. The van der Waals surface area contributed by atoms with Crippen molar-refractivity contribution in [3.63, 3.8) is 0 Å². The minimum atomic E-state index is -3.72. The Morgan fingerprint density at radius 1 is 1.04 bits per heavy atom. The van der Waals surface area contributed by atoms with Gasteiger partial charge in [0.2, 0.25) is 0 Å². The molecule has 2 rings (SSSR count). The third-order valence-electron chi connectivity index (χ3n) is 3.04. The van der Waals surface area contributed by atoms with Crippen molar-refractivity contribution in [3.8, 4) is 11.8 Å². The van der Waals surface area contributed by atoms with Crippen LogP contribution in [0.5, 0.6) is 0 Å². The Balaban J connectivity index is 2.39. The molecule has 5 heteroatoms. The summed E-state index contributed by atoms with van der Waals surface area (Å²) in [4.78, 5) is 1.71. The first-order chi connectivity index (χ1) is 10.9. The Kier molecular flexibility index (Phi) is 5.20. The molecular formula is C18H18N2O2S. The first-order valence-electron chi connectivity index (χ1n) is 7.03. The van der Waals surface area contributed by atoms with Gasteiger partial charge in [-0.25, -0.2) is 0 Å². The lowest BCUT2D eigenvalue weighted by Crippen LogP contribution is -2.10. The first-order valence-corrected chi connectivity index (χ1v) is 8.47. The Morgan fingerprint density at radius 3 is 2.39 bits per heavy atom. The van der Waals surface area contributed by atoms with Gasteiger partial charge in [-0.2, -0.15) is 8.42 Å². The second-order valence-corrected chi connectivity index (χ2v) is 6.88. The fourth-order valence-corrected chi connectivity index (χ4v) is 2.72. The zero-order valence-electron chi connectivity index (χ0n) is 13.3. The second kappa shape index (κ2) is 7.12. The van der Waals surface area contributed by atoms with Gasteiger partial charge in [-0.05, 0) is 36.8 Å². The van der Waals surface area contributed by atoms with Crippen molar-refractivity contribution < 1.29 is 8.42 Å². The van der Waals surface area contributed by atoms with Crippen LogP contribution in [0.3, 0.4) is 0 Å². The van der Waals surface area contributed by atoms with Crippen LogP contribution in [0.2, 0.25) is 0 Å². The lowest BCUT2D eigenvalue weighted by molar-refractivity contribution is 0.594. The molecule has 118 valence electrons. The number of nitrogens with zero attached hydrogens (tertiary/aromatic N) is 2. The summed E-state index contributed by atoms with van der Waals surface area (Å²) >= 11 is 0. The second-order valence-electron chi connectivity index (χ2n) is 5.25. The van der Waals surface area contributed by atoms with Crippen LogP contribution in [0.15, 0.2) is 57.8 Å². The number of benzene rings is 2. The highest BCUT2D eigenvalue weighted by atomic mass is 32.2. The fraction of sp³-hybridized carbons (Fsp3) is 0.167. The maximum atomic E-state index is 12.2. The van der Waals surface area contributed by atoms with Crippen LogP contribution in [0.1, 0.15) is 16.7 Å². The van der Waals surface area contributed by atoms with Crippen LogP contribution in [-0.2, 0) is 10.0 Å². The van der Waals surface area contributed by atoms with Crippen LogP contribution < -0.4 is 0 Å². The van der Waals surface area contributed by atoms with Gasteiger partial charge >= 0.3 is 0 Å². The molecule has 0 aliphatic carbocycles. The first kappa shape index (κ1) is 16.8. The molecule has 0 N–H and O–H groups in total. The maximum absolute atomic E-state index is 12.2. The summed E-state index contributed by atoms with van der Waals surface area (Å²) in [5, 5.41) is 0. The maximum Gasteiger partial charge on any atom is 0.283 e. The summed E-state index contributed by atoms with van der Waals surface area (Å²) in [5.41, 5.74) is 2.48. The summed E-state index contributed by atoms with van der Waals surface area (Å²) in [6.07, 6.45) is 1.27. The van der Waals surface area contributed by atoms with Crippen LogP contribution in [0.25, 0.3) is 0 Å². The van der Waals surface area contributed by atoms with Crippen molar-refractivity contribution in [1.29, 1.82) is 0 Å². The van der Waals surface area contributed by atoms with Crippen LogP contribution in [0, 0.1) is 18.8 Å². The van der Waals surface area contributed by atoms with Crippen LogP contribution in [0.4, 0.5) is 0 Å². The van der Waals surface area contributed by atoms with E-state index in [1.807, 2.05) is 37.3 Å². The zero-order chi connectivity index (χ0) is 16.9.